The topological polar surface area (TPSA) is 54.8 Å². The SMILES string of the molecule is C=C(C)/C=C\C(NC)=C(/C)C(C)(C)CCNC.CC.Cn1cncn1. The van der Waals surface area contributed by atoms with E-state index in [4.69, 9.17) is 0 Å². The molecule has 0 unspecified atom stereocenters. The number of aryl methyl sites for hydroxylation is 1. The van der Waals surface area contributed by atoms with Crippen LogP contribution in [-0.2, 0) is 7.05 Å². The lowest BCUT2D eigenvalue weighted by atomic mass is 9.80. The minimum absolute atomic E-state index is 0.195. The van der Waals surface area contributed by atoms with Gasteiger partial charge in [0.1, 0.15) is 12.7 Å². The Morgan fingerprint density at radius 3 is 2.12 bits per heavy atom. The molecule has 25 heavy (non-hydrogen) atoms. The van der Waals surface area contributed by atoms with Crippen molar-refractivity contribution in [1.29, 1.82) is 0 Å². The molecular formula is C20H39N5. The van der Waals surface area contributed by atoms with E-state index < -0.39 is 0 Å². The molecule has 5 nitrogen and oxygen atoms in total. The van der Waals surface area contributed by atoms with E-state index in [1.54, 1.807) is 11.0 Å². The Balaban J connectivity index is 0. The predicted octanol–water partition coefficient (Wildman–Crippen LogP) is 4.09. The minimum Gasteiger partial charge on any atom is -0.388 e. The fourth-order valence-electron chi connectivity index (χ4n) is 1.88. The molecule has 0 saturated carbocycles. The summed E-state index contributed by atoms with van der Waals surface area (Å²) in [5.74, 6) is 0. The smallest absolute Gasteiger partial charge is 0.137 e. The summed E-state index contributed by atoms with van der Waals surface area (Å²) in [6, 6.07) is 0. The van der Waals surface area contributed by atoms with E-state index in [0.29, 0.717) is 0 Å². The minimum atomic E-state index is 0.195. The van der Waals surface area contributed by atoms with Crippen molar-refractivity contribution < 1.29 is 0 Å². The van der Waals surface area contributed by atoms with Gasteiger partial charge < -0.3 is 10.6 Å². The van der Waals surface area contributed by atoms with Crippen molar-refractivity contribution in [3.63, 3.8) is 0 Å². The Bertz CT molecular complexity index is 510. The number of allylic oxidation sites excluding steroid dienone is 4. The average Bonchev–Trinajstić information content (AvgIpc) is 3.06. The molecule has 0 aliphatic heterocycles. The van der Waals surface area contributed by atoms with Gasteiger partial charge in [-0.15, -0.1) is 0 Å². The van der Waals surface area contributed by atoms with Crippen LogP contribution in [0.15, 0.2) is 48.2 Å². The molecule has 1 rings (SSSR count). The van der Waals surface area contributed by atoms with Gasteiger partial charge in [0.25, 0.3) is 0 Å². The molecule has 5 heteroatoms. The second kappa shape index (κ2) is 14.5. The highest BCUT2D eigenvalue weighted by Gasteiger charge is 2.21. The summed E-state index contributed by atoms with van der Waals surface area (Å²) in [6.07, 6.45) is 8.42. The van der Waals surface area contributed by atoms with Crippen molar-refractivity contribution in [2.45, 2.75) is 48.0 Å². The number of nitrogens with one attached hydrogen (secondary N) is 2. The van der Waals surface area contributed by atoms with E-state index in [1.807, 2.05) is 48.0 Å². The summed E-state index contributed by atoms with van der Waals surface area (Å²) < 4.78 is 1.64. The number of hydrogen-bond acceptors (Lipinski definition) is 4. The van der Waals surface area contributed by atoms with Crippen molar-refractivity contribution in [2.75, 3.05) is 20.6 Å². The van der Waals surface area contributed by atoms with Crippen LogP contribution in [0.4, 0.5) is 0 Å². The zero-order valence-electron chi connectivity index (χ0n) is 17.8. The van der Waals surface area contributed by atoms with Crippen LogP contribution in [0.1, 0.15) is 48.0 Å². The molecule has 0 aliphatic carbocycles. The highest BCUT2D eigenvalue weighted by atomic mass is 15.3. The molecule has 0 bridgehead atoms. The Labute approximate surface area is 155 Å². The molecule has 1 aromatic rings. The summed E-state index contributed by atoms with van der Waals surface area (Å²) in [6.45, 7) is 17.7. The standard InChI is InChI=1S/C15H28N2.C3H5N3.C2H6/c1-12(2)8-9-14(17-7)13(3)15(4,5)10-11-16-6;1-6-3-4-2-5-6;1-2/h8-9,16-17H,1,10-11H2,2-7H3;2-3H,1H3;1-2H3/b9-8-,14-13-;;. The molecule has 0 aliphatic rings. The average molecular weight is 350 g/mol. The van der Waals surface area contributed by atoms with Gasteiger partial charge in [-0.25, -0.2) is 4.98 Å². The third-order valence-corrected chi connectivity index (χ3v) is 3.76. The first-order valence-corrected chi connectivity index (χ1v) is 8.90. The molecule has 0 aromatic carbocycles. The number of aromatic nitrogens is 3. The molecule has 0 atom stereocenters. The van der Waals surface area contributed by atoms with Crippen molar-refractivity contribution in [1.82, 2.24) is 25.4 Å². The van der Waals surface area contributed by atoms with Crippen molar-refractivity contribution >= 4 is 0 Å². The van der Waals surface area contributed by atoms with Gasteiger partial charge in [0, 0.05) is 19.8 Å². The predicted molar refractivity (Wildman–Crippen MR) is 110 cm³/mol. The van der Waals surface area contributed by atoms with E-state index in [1.165, 1.54) is 17.6 Å². The second-order valence-electron chi connectivity index (χ2n) is 6.27. The third kappa shape index (κ3) is 12.2. The molecule has 144 valence electrons. The molecule has 0 fully saturated rings. The quantitative estimate of drug-likeness (QED) is 0.728. The normalized spacial score (nSPS) is 11.7. The molecule has 0 saturated heterocycles. The highest BCUT2D eigenvalue weighted by molar-refractivity contribution is 5.30. The molecule has 1 aromatic heterocycles. The molecular weight excluding hydrogens is 310 g/mol. The van der Waals surface area contributed by atoms with E-state index in [2.05, 4.69) is 54.1 Å². The fourth-order valence-corrected chi connectivity index (χ4v) is 1.88. The van der Waals surface area contributed by atoms with E-state index in [-0.39, 0.29) is 5.41 Å². The van der Waals surface area contributed by atoms with E-state index in [9.17, 15) is 0 Å². The van der Waals surface area contributed by atoms with Crippen LogP contribution in [0.5, 0.6) is 0 Å². The lowest BCUT2D eigenvalue weighted by Gasteiger charge is -2.28. The van der Waals surface area contributed by atoms with Gasteiger partial charge in [0.05, 0.1) is 0 Å². The Kier molecular flexibility index (Phi) is 14.7. The largest absolute Gasteiger partial charge is 0.388 e. The number of likely N-dealkylation sites (N-methyl/N-ethyl adjacent to an activating group) is 1. The number of nitrogens with zero attached hydrogens (tertiary/aromatic N) is 3. The monoisotopic (exact) mass is 349 g/mol. The van der Waals surface area contributed by atoms with Gasteiger partial charge >= 0.3 is 0 Å². The van der Waals surface area contributed by atoms with Crippen LogP contribution >= 0.6 is 0 Å². The van der Waals surface area contributed by atoms with Crippen LogP contribution in [-0.4, -0.2) is 35.4 Å². The lowest BCUT2D eigenvalue weighted by Crippen LogP contribution is -2.23. The fraction of sp³-hybridized carbons (Fsp3) is 0.600. The van der Waals surface area contributed by atoms with Gasteiger partial charge in [-0.1, -0.05) is 45.9 Å². The maximum atomic E-state index is 3.89. The zero-order valence-corrected chi connectivity index (χ0v) is 17.8. The van der Waals surface area contributed by atoms with Crippen LogP contribution < -0.4 is 10.6 Å². The first-order chi connectivity index (χ1) is 11.7. The first-order valence-electron chi connectivity index (χ1n) is 8.90. The van der Waals surface area contributed by atoms with Crippen molar-refractivity contribution in [3.05, 3.63) is 48.2 Å². The van der Waals surface area contributed by atoms with Crippen LogP contribution in [0.2, 0.25) is 0 Å². The van der Waals surface area contributed by atoms with Gasteiger partial charge in [-0.05, 0) is 50.9 Å². The van der Waals surface area contributed by atoms with Crippen LogP contribution in [0.3, 0.4) is 0 Å². The van der Waals surface area contributed by atoms with E-state index in [0.717, 1.165) is 18.5 Å². The summed E-state index contributed by atoms with van der Waals surface area (Å²) >= 11 is 0. The Morgan fingerprint density at radius 1 is 1.20 bits per heavy atom. The summed E-state index contributed by atoms with van der Waals surface area (Å²) in [5.41, 5.74) is 3.83. The lowest BCUT2D eigenvalue weighted by molar-refractivity contribution is 0.397. The Hall–Kier alpha value is -1.88. The molecule has 1 heterocycles. The third-order valence-electron chi connectivity index (χ3n) is 3.76. The van der Waals surface area contributed by atoms with Crippen LogP contribution in [0.25, 0.3) is 0 Å². The van der Waals surface area contributed by atoms with Gasteiger partial charge in [-0.2, -0.15) is 5.10 Å². The molecule has 0 amide bonds. The maximum Gasteiger partial charge on any atom is 0.137 e. The maximum absolute atomic E-state index is 3.89. The molecule has 2 N–H and O–H groups in total. The summed E-state index contributed by atoms with van der Waals surface area (Å²) in [5, 5.41) is 10.2. The summed E-state index contributed by atoms with van der Waals surface area (Å²) in [4.78, 5) is 3.67. The van der Waals surface area contributed by atoms with Gasteiger partial charge in [0.2, 0.25) is 0 Å². The number of hydrogen-bond donors (Lipinski definition) is 2. The van der Waals surface area contributed by atoms with Gasteiger partial charge in [0.15, 0.2) is 0 Å². The van der Waals surface area contributed by atoms with Crippen molar-refractivity contribution in [2.24, 2.45) is 12.5 Å². The first kappa shape index (κ1) is 25.4. The second-order valence-corrected chi connectivity index (χ2v) is 6.27. The highest BCUT2D eigenvalue weighted by Crippen LogP contribution is 2.31. The van der Waals surface area contributed by atoms with Crippen LogP contribution in [0, 0.1) is 5.41 Å². The zero-order chi connectivity index (χ0) is 19.9. The molecule has 0 radical (unpaired) electrons. The van der Waals surface area contributed by atoms with Gasteiger partial charge in [-0.3, -0.25) is 4.68 Å². The van der Waals surface area contributed by atoms with Crippen molar-refractivity contribution in [3.8, 4) is 0 Å². The Morgan fingerprint density at radius 2 is 1.80 bits per heavy atom. The summed E-state index contributed by atoms with van der Waals surface area (Å²) in [7, 11) is 5.79. The number of rotatable bonds is 7. The molecule has 0 spiro atoms. The van der Waals surface area contributed by atoms with E-state index >= 15 is 0 Å².